The Hall–Kier alpha value is -1.48. The molecule has 0 atom stereocenters. The van der Waals surface area contributed by atoms with E-state index in [-0.39, 0.29) is 36.9 Å². The molecule has 0 aromatic carbocycles. The first kappa shape index (κ1) is 16.4. The van der Waals surface area contributed by atoms with E-state index in [0.29, 0.717) is 6.54 Å². The lowest BCUT2D eigenvalue weighted by atomic mass is 9.93. The number of halogens is 1. The van der Waals surface area contributed by atoms with Crippen molar-refractivity contribution in [3.8, 4) is 0 Å². The maximum Gasteiger partial charge on any atom is 0.257 e. The largest absolute Gasteiger partial charge is 0.351 e. The molecule has 0 bridgehead atoms. The van der Waals surface area contributed by atoms with Crippen molar-refractivity contribution in [2.75, 3.05) is 13.1 Å². The molecule has 0 spiro atoms. The average molecular weight is 344 g/mol. The Bertz CT molecular complexity index is 691. The molecule has 0 unspecified atom stereocenters. The normalized spacial score (nSPS) is 22.0. The Morgan fingerprint density at radius 2 is 2.09 bits per heavy atom. The van der Waals surface area contributed by atoms with Gasteiger partial charge in [-0.15, -0.1) is 0 Å². The van der Waals surface area contributed by atoms with Gasteiger partial charge in [0, 0.05) is 44.7 Å². The van der Waals surface area contributed by atoms with Crippen LogP contribution in [0.4, 0.5) is 4.39 Å². The summed E-state index contributed by atoms with van der Waals surface area (Å²) in [5, 5.41) is 6.63. The lowest BCUT2D eigenvalue weighted by Crippen LogP contribution is -2.52. The Morgan fingerprint density at radius 1 is 1.43 bits per heavy atom. The molecule has 2 heterocycles. The topological polar surface area (TPSA) is 84.3 Å². The summed E-state index contributed by atoms with van der Waals surface area (Å²) in [6, 6.07) is 0.0942. The van der Waals surface area contributed by atoms with Crippen molar-refractivity contribution in [3.63, 3.8) is 0 Å². The van der Waals surface area contributed by atoms with Gasteiger partial charge in [-0.2, -0.15) is 9.40 Å². The van der Waals surface area contributed by atoms with E-state index < -0.39 is 21.6 Å². The third-order valence-corrected chi connectivity index (χ3v) is 6.26. The molecule has 0 radical (unpaired) electrons. The Labute approximate surface area is 134 Å². The number of nitrogens with one attached hydrogen (secondary N) is 1. The molecule has 7 nitrogen and oxygen atoms in total. The molecule has 3 rings (SSSR count). The first-order valence-electron chi connectivity index (χ1n) is 7.87. The second-order valence-corrected chi connectivity index (χ2v) is 8.09. The van der Waals surface area contributed by atoms with Crippen molar-refractivity contribution in [3.05, 3.63) is 12.4 Å². The van der Waals surface area contributed by atoms with Crippen LogP contribution in [0, 0.1) is 0 Å². The highest BCUT2D eigenvalue weighted by atomic mass is 32.2. The number of nitrogens with zero attached hydrogens (tertiary/aromatic N) is 3. The third kappa shape index (κ3) is 3.25. The molecule has 9 heteroatoms. The van der Waals surface area contributed by atoms with Crippen molar-refractivity contribution in [1.29, 1.82) is 0 Å². The third-order valence-electron chi connectivity index (χ3n) is 4.41. The first-order valence-corrected chi connectivity index (χ1v) is 9.32. The number of hydrogen-bond acceptors (Lipinski definition) is 4. The number of aryl methyl sites for hydroxylation is 1. The van der Waals surface area contributed by atoms with E-state index in [4.69, 9.17) is 0 Å². The number of carbonyl (C=O) groups is 1. The molecule has 1 N–H and O–H groups in total. The van der Waals surface area contributed by atoms with Gasteiger partial charge in [0.15, 0.2) is 5.67 Å². The minimum Gasteiger partial charge on any atom is -0.351 e. The number of aromatic nitrogens is 2. The van der Waals surface area contributed by atoms with Gasteiger partial charge in [-0.25, -0.2) is 12.8 Å². The van der Waals surface area contributed by atoms with E-state index >= 15 is 0 Å². The van der Waals surface area contributed by atoms with Crippen molar-refractivity contribution >= 4 is 15.9 Å². The van der Waals surface area contributed by atoms with Gasteiger partial charge < -0.3 is 5.32 Å². The number of carbonyl (C=O) groups excluding carboxylic acids is 1. The Balaban J connectivity index is 1.66. The van der Waals surface area contributed by atoms with Crippen LogP contribution in [0.15, 0.2) is 17.3 Å². The van der Waals surface area contributed by atoms with E-state index in [9.17, 15) is 17.6 Å². The molecule has 1 aliphatic carbocycles. The zero-order valence-corrected chi connectivity index (χ0v) is 13.9. The lowest BCUT2D eigenvalue weighted by molar-refractivity contribution is -0.135. The summed E-state index contributed by atoms with van der Waals surface area (Å²) < 4.78 is 42.6. The smallest absolute Gasteiger partial charge is 0.257 e. The predicted molar refractivity (Wildman–Crippen MR) is 80.9 cm³/mol. The second kappa shape index (κ2) is 5.86. The van der Waals surface area contributed by atoms with Crippen molar-refractivity contribution in [2.24, 2.45) is 0 Å². The van der Waals surface area contributed by atoms with Crippen molar-refractivity contribution in [1.82, 2.24) is 19.4 Å². The molecule has 23 heavy (non-hydrogen) atoms. The fourth-order valence-corrected chi connectivity index (χ4v) is 4.05. The summed E-state index contributed by atoms with van der Waals surface area (Å²) in [5.74, 6) is -0.601. The van der Waals surface area contributed by atoms with Crippen LogP contribution in [-0.4, -0.2) is 53.2 Å². The minimum atomic E-state index is -3.69. The highest BCUT2D eigenvalue weighted by Gasteiger charge is 2.45. The predicted octanol–water partition coefficient (Wildman–Crippen LogP) is 0.674. The van der Waals surface area contributed by atoms with Crippen LogP contribution in [0.5, 0.6) is 0 Å². The molecule has 1 aliphatic heterocycles. The van der Waals surface area contributed by atoms with Gasteiger partial charge in [-0.1, -0.05) is 0 Å². The molecule has 1 aromatic rings. The summed E-state index contributed by atoms with van der Waals surface area (Å²) in [6.07, 6.45) is 4.31. The minimum absolute atomic E-state index is 0.00573. The van der Waals surface area contributed by atoms with Gasteiger partial charge in [-0.3, -0.25) is 9.48 Å². The number of sulfonamides is 1. The molecular weight excluding hydrogens is 323 g/mol. The number of amides is 1. The summed E-state index contributed by atoms with van der Waals surface area (Å²) in [4.78, 5) is 12.1. The van der Waals surface area contributed by atoms with E-state index in [2.05, 4.69) is 10.4 Å². The summed E-state index contributed by atoms with van der Waals surface area (Å²) >= 11 is 0. The van der Waals surface area contributed by atoms with Crippen LogP contribution in [0.25, 0.3) is 0 Å². The zero-order chi connectivity index (χ0) is 16.7. The quantitative estimate of drug-likeness (QED) is 0.851. The van der Waals surface area contributed by atoms with Crippen LogP contribution < -0.4 is 5.32 Å². The van der Waals surface area contributed by atoms with Crippen molar-refractivity contribution < 1.29 is 17.6 Å². The second-order valence-electron chi connectivity index (χ2n) is 6.15. The SMILES string of the molecule is CCn1cc(S(=O)(=O)N2CCC(F)(C(=O)NC3CC3)CC2)cn1. The highest BCUT2D eigenvalue weighted by molar-refractivity contribution is 7.89. The van der Waals surface area contributed by atoms with E-state index in [1.165, 1.54) is 21.4 Å². The van der Waals surface area contributed by atoms with Gasteiger partial charge >= 0.3 is 0 Å². The molecule has 1 saturated heterocycles. The van der Waals surface area contributed by atoms with E-state index in [1.807, 2.05) is 6.92 Å². The van der Waals surface area contributed by atoms with Gasteiger partial charge in [0.1, 0.15) is 4.90 Å². The maximum absolute atomic E-state index is 14.7. The van der Waals surface area contributed by atoms with Gasteiger partial charge in [-0.05, 0) is 19.8 Å². The molecule has 2 fully saturated rings. The standard InChI is InChI=1S/C14H21FN4O3S/c1-2-18-10-12(9-16-18)23(21,22)19-7-5-14(15,6-8-19)13(20)17-11-3-4-11/h9-11H,2-8H2,1H3,(H,17,20). The summed E-state index contributed by atoms with van der Waals surface area (Å²) in [5.41, 5.74) is -1.97. The molecule has 128 valence electrons. The van der Waals surface area contributed by atoms with Crippen molar-refractivity contribution in [2.45, 2.75) is 55.8 Å². The zero-order valence-electron chi connectivity index (χ0n) is 13.0. The molecule has 2 aliphatic rings. The van der Waals surface area contributed by atoms with Crippen LogP contribution in [-0.2, 0) is 21.4 Å². The number of hydrogen-bond donors (Lipinski definition) is 1. The lowest BCUT2D eigenvalue weighted by Gasteiger charge is -2.34. The van der Waals surface area contributed by atoms with Gasteiger partial charge in [0.25, 0.3) is 5.91 Å². The first-order chi connectivity index (χ1) is 10.8. The molecule has 1 amide bonds. The number of piperidine rings is 1. The fraction of sp³-hybridized carbons (Fsp3) is 0.714. The van der Waals surface area contributed by atoms with Gasteiger partial charge in [0.05, 0.1) is 6.20 Å². The van der Waals surface area contributed by atoms with Gasteiger partial charge in [0.2, 0.25) is 10.0 Å². The highest BCUT2D eigenvalue weighted by Crippen LogP contribution is 2.31. The number of rotatable bonds is 5. The summed E-state index contributed by atoms with van der Waals surface area (Å²) in [7, 11) is -3.69. The van der Waals surface area contributed by atoms with E-state index in [1.54, 1.807) is 0 Å². The maximum atomic E-state index is 14.7. The Morgan fingerprint density at radius 3 is 2.61 bits per heavy atom. The van der Waals surface area contributed by atoms with Crippen LogP contribution in [0.1, 0.15) is 32.6 Å². The Kier molecular flexibility index (Phi) is 4.18. The van der Waals surface area contributed by atoms with Crippen LogP contribution in [0.2, 0.25) is 0 Å². The molecule has 1 aromatic heterocycles. The van der Waals surface area contributed by atoms with Crippen LogP contribution in [0.3, 0.4) is 0 Å². The summed E-state index contributed by atoms with van der Waals surface area (Å²) in [6.45, 7) is 2.42. The monoisotopic (exact) mass is 344 g/mol. The molecule has 1 saturated carbocycles. The van der Waals surface area contributed by atoms with E-state index in [0.717, 1.165) is 12.8 Å². The fourth-order valence-electron chi connectivity index (χ4n) is 2.65. The van der Waals surface area contributed by atoms with Crippen LogP contribution >= 0.6 is 0 Å². The average Bonchev–Trinajstić information content (AvgIpc) is 3.19. The number of alkyl halides is 1. The molecular formula is C14H21FN4O3S.